The predicted molar refractivity (Wildman–Crippen MR) is 47.2 cm³/mol. The number of alkyl halides is 2. The molecule has 0 aliphatic rings. The van der Waals surface area contributed by atoms with E-state index in [0.717, 1.165) is 6.20 Å². The number of rotatable bonds is 3. The largest absolute Gasteiger partial charge is 0.437 e. The van der Waals surface area contributed by atoms with E-state index in [1.54, 1.807) is 0 Å². The Kier molecular flexibility index (Phi) is 2.92. The predicted octanol–water partition coefficient (Wildman–Crippen LogP) is 1.61. The zero-order valence-electron chi connectivity index (χ0n) is 8.28. The molecule has 0 radical (unpaired) electrons. The van der Waals surface area contributed by atoms with Crippen molar-refractivity contribution in [2.24, 2.45) is 5.73 Å². The summed E-state index contributed by atoms with van der Waals surface area (Å²) < 4.78 is 29.6. The Labute approximate surface area is 84.8 Å². The number of carbonyl (C=O) groups is 1. The van der Waals surface area contributed by atoms with Crippen LogP contribution in [0.15, 0.2) is 12.3 Å². The molecular weight excluding hydrogens is 208 g/mol. The maximum atomic E-state index is 12.2. The van der Waals surface area contributed by atoms with Crippen LogP contribution in [-0.4, -0.2) is 15.9 Å². The first-order valence-electron chi connectivity index (χ1n) is 4.15. The van der Waals surface area contributed by atoms with Gasteiger partial charge in [-0.2, -0.15) is 13.9 Å². The number of amides is 1. The summed E-state index contributed by atoms with van der Waals surface area (Å²) in [7, 11) is 0. The molecule has 1 aromatic heterocycles. The number of halogens is 2. The van der Waals surface area contributed by atoms with Crippen molar-refractivity contribution in [3.8, 4) is 0 Å². The molecule has 0 aliphatic carbocycles. The fraction of sp³-hybridized carbons (Fsp3) is 0.500. The number of aromatic nitrogens is 2. The van der Waals surface area contributed by atoms with Crippen LogP contribution >= 0.6 is 0 Å². The van der Waals surface area contributed by atoms with Crippen LogP contribution in [0.5, 0.6) is 0 Å². The van der Waals surface area contributed by atoms with Gasteiger partial charge in [-0.3, -0.25) is 0 Å². The lowest BCUT2D eigenvalue weighted by atomic mass is 10.1. The van der Waals surface area contributed by atoms with Gasteiger partial charge in [-0.1, -0.05) is 0 Å². The quantitative estimate of drug-likeness (QED) is 0.839. The van der Waals surface area contributed by atoms with Gasteiger partial charge in [-0.25, -0.2) is 9.48 Å². The average molecular weight is 219 g/mol. The molecule has 0 atom stereocenters. The number of carbonyl (C=O) groups excluding carboxylic acids is 1. The summed E-state index contributed by atoms with van der Waals surface area (Å²) in [5.41, 5.74) is 3.93. The highest BCUT2D eigenvalue weighted by atomic mass is 19.3. The molecule has 0 fully saturated rings. The van der Waals surface area contributed by atoms with Crippen LogP contribution in [0.1, 0.15) is 26.1 Å². The van der Waals surface area contributed by atoms with Gasteiger partial charge in [0.25, 0.3) is 0 Å². The first-order chi connectivity index (χ1) is 6.83. The van der Waals surface area contributed by atoms with E-state index >= 15 is 0 Å². The van der Waals surface area contributed by atoms with E-state index < -0.39 is 18.2 Å². The molecule has 0 saturated heterocycles. The molecule has 84 valence electrons. The van der Waals surface area contributed by atoms with Crippen LogP contribution in [0, 0.1) is 0 Å². The molecule has 7 heteroatoms. The highest BCUT2D eigenvalue weighted by molar-refractivity contribution is 5.65. The van der Waals surface area contributed by atoms with Gasteiger partial charge in [0.15, 0.2) is 5.60 Å². The van der Waals surface area contributed by atoms with Gasteiger partial charge >= 0.3 is 12.6 Å². The van der Waals surface area contributed by atoms with Crippen molar-refractivity contribution in [1.82, 2.24) is 9.78 Å². The smallest absolute Gasteiger partial charge is 0.405 e. The normalized spacial score (nSPS) is 11.8. The number of primary amides is 1. The summed E-state index contributed by atoms with van der Waals surface area (Å²) in [6.07, 6.45) is 0.123. The standard InChI is InChI=1S/C8H11F2N3O2/c1-8(2,15-7(11)14)5-3-4-13(12-5)6(9)10/h3-4,6H,1-2H3,(H2,11,14). The third kappa shape index (κ3) is 2.64. The van der Waals surface area contributed by atoms with Crippen molar-refractivity contribution in [3.05, 3.63) is 18.0 Å². The van der Waals surface area contributed by atoms with Crippen molar-refractivity contribution >= 4 is 6.09 Å². The molecule has 1 amide bonds. The highest BCUT2D eigenvalue weighted by Crippen LogP contribution is 2.23. The van der Waals surface area contributed by atoms with Crippen molar-refractivity contribution in [2.45, 2.75) is 26.0 Å². The summed E-state index contributed by atoms with van der Waals surface area (Å²) in [6.45, 7) is 0.300. The minimum Gasteiger partial charge on any atom is -0.437 e. The molecule has 1 rings (SSSR count). The number of ether oxygens (including phenoxy) is 1. The number of nitrogens with two attached hydrogens (primary N) is 1. The SMILES string of the molecule is CC(C)(OC(N)=O)c1ccn(C(F)F)n1. The van der Waals surface area contributed by atoms with Gasteiger partial charge in [-0.05, 0) is 19.9 Å². The summed E-state index contributed by atoms with van der Waals surface area (Å²) >= 11 is 0. The molecule has 0 bridgehead atoms. The minimum atomic E-state index is -2.72. The molecule has 0 saturated carbocycles. The van der Waals surface area contributed by atoms with Crippen molar-refractivity contribution < 1.29 is 18.3 Å². The first kappa shape index (κ1) is 11.4. The molecule has 0 aliphatic heterocycles. The van der Waals surface area contributed by atoms with E-state index in [1.807, 2.05) is 0 Å². The monoisotopic (exact) mass is 219 g/mol. The van der Waals surface area contributed by atoms with Gasteiger partial charge < -0.3 is 10.5 Å². The van der Waals surface area contributed by atoms with Gasteiger partial charge in [0.1, 0.15) is 5.69 Å². The van der Waals surface area contributed by atoms with Crippen LogP contribution in [-0.2, 0) is 10.3 Å². The first-order valence-corrected chi connectivity index (χ1v) is 4.15. The summed E-state index contributed by atoms with van der Waals surface area (Å²) in [4.78, 5) is 10.5. The lowest BCUT2D eigenvalue weighted by molar-refractivity contribution is 0.0325. The van der Waals surface area contributed by atoms with Crippen LogP contribution in [0.3, 0.4) is 0 Å². The summed E-state index contributed by atoms with van der Waals surface area (Å²) in [5, 5.41) is 3.57. The molecular formula is C8H11F2N3O2. The molecule has 0 unspecified atom stereocenters. The molecule has 1 aromatic rings. The Morgan fingerprint density at radius 2 is 2.27 bits per heavy atom. The van der Waals surface area contributed by atoms with Crippen molar-refractivity contribution in [1.29, 1.82) is 0 Å². The lowest BCUT2D eigenvalue weighted by Crippen LogP contribution is -2.29. The molecule has 15 heavy (non-hydrogen) atoms. The summed E-state index contributed by atoms with van der Waals surface area (Å²) in [5.74, 6) is 0. The van der Waals surface area contributed by atoms with Crippen LogP contribution < -0.4 is 5.73 Å². The molecule has 0 spiro atoms. The van der Waals surface area contributed by atoms with E-state index in [1.165, 1.54) is 19.9 Å². The topological polar surface area (TPSA) is 70.1 Å². The molecule has 2 N–H and O–H groups in total. The molecule has 5 nitrogen and oxygen atoms in total. The van der Waals surface area contributed by atoms with E-state index in [0.29, 0.717) is 4.68 Å². The zero-order valence-corrected chi connectivity index (χ0v) is 8.28. The van der Waals surface area contributed by atoms with E-state index in [4.69, 9.17) is 10.5 Å². The minimum absolute atomic E-state index is 0.210. The maximum absolute atomic E-state index is 12.2. The van der Waals surface area contributed by atoms with Crippen molar-refractivity contribution in [3.63, 3.8) is 0 Å². The second-order valence-electron chi connectivity index (χ2n) is 3.39. The Balaban J connectivity index is 2.89. The maximum Gasteiger partial charge on any atom is 0.405 e. The fourth-order valence-corrected chi connectivity index (χ4v) is 1.07. The average Bonchev–Trinajstić information content (AvgIpc) is 2.48. The van der Waals surface area contributed by atoms with E-state index in [-0.39, 0.29) is 5.69 Å². The van der Waals surface area contributed by atoms with Crippen LogP contribution in [0.25, 0.3) is 0 Å². The third-order valence-corrected chi connectivity index (χ3v) is 1.78. The van der Waals surface area contributed by atoms with Crippen LogP contribution in [0.2, 0.25) is 0 Å². The summed E-state index contributed by atoms with van der Waals surface area (Å²) in [6, 6.07) is 1.34. The number of nitrogens with zero attached hydrogens (tertiary/aromatic N) is 2. The van der Waals surface area contributed by atoms with E-state index in [9.17, 15) is 13.6 Å². The Hall–Kier alpha value is -1.66. The Bertz CT molecular complexity index is 363. The van der Waals surface area contributed by atoms with Gasteiger partial charge in [-0.15, -0.1) is 0 Å². The Morgan fingerprint density at radius 1 is 1.67 bits per heavy atom. The number of hydrogen-bond acceptors (Lipinski definition) is 3. The van der Waals surface area contributed by atoms with Crippen molar-refractivity contribution in [2.75, 3.05) is 0 Å². The Morgan fingerprint density at radius 3 is 2.67 bits per heavy atom. The number of hydrogen-bond donors (Lipinski definition) is 1. The second kappa shape index (κ2) is 3.84. The van der Waals surface area contributed by atoms with Gasteiger partial charge in [0.05, 0.1) is 0 Å². The zero-order chi connectivity index (χ0) is 11.6. The van der Waals surface area contributed by atoms with E-state index in [2.05, 4.69) is 5.10 Å². The fourth-order valence-electron chi connectivity index (χ4n) is 1.07. The highest BCUT2D eigenvalue weighted by Gasteiger charge is 2.27. The van der Waals surface area contributed by atoms with Crippen LogP contribution in [0.4, 0.5) is 13.6 Å². The van der Waals surface area contributed by atoms with Gasteiger partial charge in [0, 0.05) is 6.20 Å². The van der Waals surface area contributed by atoms with Gasteiger partial charge in [0.2, 0.25) is 0 Å². The third-order valence-electron chi connectivity index (χ3n) is 1.78. The lowest BCUT2D eigenvalue weighted by Gasteiger charge is -2.21. The molecule has 0 aromatic carbocycles. The molecule has 1 heterocycles. The second-order valence-corrected chi connectivity index (χ2v) is 3.39.